The maximum atomic E-state index is 12.7. The Balaban J connectivity index is 1.32. The largest absolute Gasteiger partial charge is 0.481 e. The fourth-order valence-corrected chi connectivity index (χ4v) is 4.95. The van der Waals surface area contributed by atoms with Crippen LogP contribution < -0.4 is 10.6 Å². The minimum Gasteiger partial charge on any atom is -0.481 e. The summed E-state index contributed by atoms with van der Waals surface area (Å²) in [5.41, 5.74) is 4.54. The molecule has 1 saturated heterocycles. The number of carbonyl (C=O) groups excluding carboxylic acids is 2. The van der Waals surface area contributed by atoms with E-state index in [0.29, 0.717) is 19.4 Å². The van der Waals surface area contributed by atoms with Crippen LogP contribution in [-0.2, 0) is 19.1 Å². The Bertz CT molecular complexity index is 1040. The van der Waals surface area contributed by atoms with Gasteiger partial charge in [-0.25, -0.2) is 4.79 Å². The summed E-state index contributed by atoms with van der Waals surface area (Å²) in [6.45, 7) is 4.39. The lowest BCUT2D eigenvalue weighted by atomic mass is 9.97. The number of aliphatic carboxylic acids is 1. The first-order valence-corrected chi connectivity index (χ1v) is 12.1. The summed E-state index contributed by atoms with van der Waals surface area (Å²) < 4.78 is 11.1. The Morgan fingerprint density at radius 3 is 2.29 bits per heavy atom. The molecule has 1 aliphatic heterocycles. The van der Waals surface area contributed by atoms with Gasteiger partial charge in [-0.2, -0.15) is 0 Å². The van der Waals surface area contributed by atoms with E-state index in [1.54, 1.807) is 0 Å². The zero-order valence-electron chi connectivity index (χ0n) is 20.0. The van der Waals surface area contributed by atoms with Crippen LogP contribution in [0.15, 0.2) is 48.5 Å². The molecule has 1 heterocycles. The summed E-state index contributed by atoms with van der Waals surface area (Å²) in [5, 5.41) is 14.8. The third kappa shape index (κ3) is 5.65. The number of amides is 2. The van der Waals surface area contributed by atoms with Gasteiger partial charge in [-0.15, -0.1) is 0 Å². The van der Waals surface area contributed by atoms with Crippen molar-refractivity contribution in [2.24, 2.45) is 11.8 Å². The average Bonchev–Trinajstić information content (AvgIpc) is 3.42. The second kappa shape index (κ2) is 10.9. The third-order valence-electron chi connectivity index (χ3n) is 6.62. The van der Waals surface area contributed by atoms with Crippen molar-refractivity contribution in [3.63, 3.8) is 0 Å². The normalized spacial score (nSPS) is 19.6. The summed E-state index contributed by atoms with van der Waals surface area (Å²) in [6.07, 6.45) is -0.563. The molecule has 2 amide bonds. The van der Waals surface area contributed by atoms with Gasteiger partial charge in [0.05, 0.1) is 12.0 Å². The van der Waals surface area contributed by atoms with Crippen LogP contribution in [0, 0.1) is 11.8 Å². The van der Waals surface area contributed by atoms with Crippen molar-refractivity contribution >= 4 is 18.0 Å². The van der Waals surface area contributed by atoms with Crippen LogP contribution in [0.5, 0.6) is 0 Å². The molecule has 35 heavy (non-hydrogen) atoms. The monoisotopic (exact) mass is 480 g/mol. The van der Waals surface area contributed by atoms with E-state index in [4.69, 9.17) is 9.47 Å². The Morgan fingerprint density at radius 2 is 1.69 bits per heavy atom. The fourth-order valence-electron chi connectivity index (χ4n) is 4.95. The lowest BCUT2D eigenvalue weighted by Gasteiger charge is -2.21. The number of nitrogens with one attached hydrogen (secondary N) is 2. The fraction of sp³-hybridized carbons (Fsp3) is 0.444. The van der Waals surface area contributed by atoms with Gasteiger partial charge in [0.1, 0.15) is 6.61 Å². The number of hydrogen-bond acceptors (Lipinski definition) is 5. The predicted molar refractivity (Wildman–Crippen MR) is 130 cm³/mol. The van der Waals surface area contributed by atoms with Crippen LogP contribution in [0.4, 0.5) is 4.79 Å². The van der Waals surface area contributed by atoms with E-state index >= 15 is 0 Å². The maximum Gasteiger partial charge on any atom is 0.407 e. The number of carboxylic acids is 1. The number of ether oxygens (including phenoxy) is 2. The zero-order chi connectivity index (χ0) is 24.9. The van der Waals surface area contributed by atoms with Crippen molar-refractivity contribution in [3.05, 3.63) is 59.7 Å². The van der Waals surface area contributed by atoms with Crippen molar-refractivity contribution in [1.29, 1.82) is 0 Å². The van der Waals surface area contributed by atoms with Crippen LogP contribution in [0.1, 0.15) is 43.7 Å². The van der Waals surface area contributed by atoms with Gasteiger partial charge in [0.2, 0.25) is 0 Å². The van der Waals surface area contributed by atoms with Gasteiger partial charge in [-0.1, -0.05) is 62.4 Å². The lowest BCUT2D eigenvalue weighted by Crippen LogP contribution is -2.49. The highest BCUT2D eigenvalue weighted by Gasteiger charge is 2.36. The van der Waals surface area contributed by atoms with E-state index in [0.717, 1.165) is 22.3 Å². The molecule has 0 aromatic heterocycles. The smallest absolute Gasteiger partial charge is 0.407 e. The minimum absolute atomic E-state index is 0.0177. The van der Waals surface area contributed by atoms with Crippen LogP contribution in [0.25, 0.3) is 11.1 Å². The molecule has 8 nitrogen and oxygen atoms in total. The van der Waals surface area contributed by atoms with Gasteiger partial charge < -0.3 is 25.2 Å². The standard InChI is InChI=1S/C27H32N2O6/c1-16(2)13-17(26(31)32)14-28-25(30)24-23(11-12-34-24)29-27(33)35-15-22-20-9-5-3-7-18(20)19-8-4-6-10-21(19)22/h3-10,16-17,22-24H,11-15H2,1-2H3,(H,28,30)(H,29,33)(H,31,32)/t17?,23-,24+/m0/s1. The average molecular weight is 481 g/mol. The molecule has 1 aliphatic carbocycles. The molecule has 0 bridgehead atoms. The molecule has 0 saturated carbocycles. The van der Waals surface area contributed by atoms with Crippen LogP contribution in [-0.4, -0.2) is 55.0 Å². The summed E-state index contributed by atoms with van der Waals surface area (Å²) in [7, 11) is 0. The molecule has 3 atom stereocenters. The predicted octanol–water partition coefficient (Wildman–Crippen LogP) is 3.55. The Morgan fingerprint density at radius 1 is 1.06 bits per heavy atom. The molecule has 2 aliphatic rings. The molecule has 1 fully saturated rings. The quantitative estimate of drug-likeness (QED) is 0.506. The van der Waals surface area contributed by atoms with Gasteiger partial charge in [-0.3, -0.25) is 9.59 Å². The van der Waals surface area contributed by atoms with Crippen molar-refractivity contribution in [2.75, 3.05) is 19.8 Å². The molecule has 4 rings (SSSR count). The Kier molecular flexibility index (Phi) is 7.70. The summed E-state index contributed by atoms with van der Waals surface area (Å²) >= 11 is 0. The van der Waals surface area contributed by atoms with Crippen molar-refractivity contribution in [3.8, 4) is 11.1 Å². The number of carboxylic acid groups (broad SMARTS) is 1. The van der Waals surface area contributed by atoms with Gasteiger partial charge >= 0.3 is 12.1 Å². The summed E-state index contributed by atoms with van der Waals surface area (Å²) in [4.78, 5) is 36.8. The van der Waals surface area contributed by atoms with E-state index in [-0.39, 0.29) is 25.0 Å². The minimum atomic E-state index is -0.945. The molecule has 3 N–H and O–H groups in total. The zero-order valence-corrected chi connectivity index (χ0v) is 20.0. The molecule has 0 radical (unpaired) electrons. The third-order valence-corrected chi connectivity index (χ3v) is 6.62. The number of hydrogen-bond donors (Lipinski definition) is 3. The molecule has 0 spiro atoms. The maximum absolute atomic E-state index is 12.7. The van der Waals surface area contributed by atoms with Crippen molar-refractivity contribution in [1.82, 2.24) is 10.6 Å². The second-order valence-corrected chi connectivity index (χ2v) is 9.57. The van der Waals surface area contributed by atoms with E-state index in [9.17, 15) is 19.5 Å². The van der Waals surface area contributed by atoms with Crippen LogP contribution in [0.2, 0.25) is 0 Å². The number of rotatable bonds is 9. The second-order valence-electron chi connectivity index (χ2n) is 9.57. The number of benzene rings is 2. The van der Waals surface area contributed by atoms with Crippen LogP contribution in [0.3, 0.4) is 0 Å². The Hall–Kier alpha value is -3.39. The molecule has 186 valence electrons. The van der Waals surface area contributed by atoms with Gasteiger partial charge in [-0.05, 0) is 41.0 Å². The van der Waals surface area contributed by atoms with Gasteiger partial charge in [0.25, 0.3) is 5.91 Å². The van der Waals surface area contributed by atoms with Crippen molar-refractivity contribution < 1.29 is 29.0 Å². The topological polar surface area (TPSA) is 114 Å². The molecule has 2 aromatic rings. The highest BCUT2D eigenvalue weighted by Crippen LogP contribution is 2.44. The highest BCUT2D eigenvalue weighted by molar-refractivity contribution is 5.83. The summed E-state index contributed by atoms with van der Waals surface area (Å²) in [6, 6.07) is 15.7. The highest BCUT2D eigenvalue weighted by atomic mass is 16.6. The van der Waals surface area contributed by atoms with Gasteiger partial charge in [0.15, 0.2) is 6.10 Å². The SMILES string of the molecule is CC(C)CC(CNC(=O)[C@@H]1OCC[C@@H]1NC(=O)OCC1c2ccccc2-c2ccccc21)C(=O)O. The molecular formula is C27H32N2O6. The van der Waals surface area contributed by atoms with Gasteiger partial charge in [0, 0.05) is 19.1 Å². The number of carbonyl (C=O) groups is 3. The summed E-state index contributed by atoms with van der Waals surface area (Å²) in [5.74, 6) is -1.91. The van der Waals surface area contributed by atoms with Crippen molar-refractivity contribution in [2.45, 2.75) is 44.8 Å². The Labute approximate surface area is 205 Å². The molecule has 1 unspecified atom stereocenters. The first-order chi connectivity index (χ1) is 16.8. The first kappa shape index (κ1) is 24.7. The van der Waals surface area contributed by atoms with Crippen LogP contribution >= 0.6 is 0 Å². The lowest BCUT2D eigenvalue weighted by molar-refractivity contribution is -0.142. The van der Waals surface area contributed by atoms with E-state index < -0.39 is 36.0 Å². The molecule has 8 heteroatoms. The molecular weight excluding hydrogens is 448 g/mol. The van der Waals surface area contributed by atoms with E-state index in [2.05, 4.69) is 34.9 Å². The van der Waals surface area contributed by atoms with E-state index in [1.807, 2.05) is 38.1 Å². The first-order valence-electron chi connectivity index (χ1n) is 12.1. The number of alkyl carbamates (subject to hydrolysis) is 1. The van der Waals surface area contributed by atoms with E-state index in [1.165, 1.54) is 0 Å². The molecule has 2 aromatic carbocycles. The number of fused-ring (bicyclic) bond motifs is 3.